The fourth-order valence-corrected chi connectivity index (χ4v) is 1.84. The predicted molar refractivity (Wildman–Crippen MR) is 64.3 cm³/mol. The minimum atomic E-state index is 0.181. The second-order valence-electron chi connectivity index (χ2n) is 4.87. The minimum absolute atomic E-state index is 0.181. The normalized spacial score (nSPS) is 17.8. The predicted octanol–water partition coefficient (Wildman–Crippen LogP) is 0.869. The van der Waals surface area contributed by atoms with Gasteiger partial charge in [-0.25, -0.2) is 0 Å². The van der Waals surface area contributed by atoms with Crippen molar-refractivity contribution >= 4 is 5.91 Å². The lowest BCUT2D eigenvalue weighted by Gasteiger charge is -2.27. The van der Waals surface area contributed by atoms with Gasteiger partial charge in [-0.1, -0.05) is 13.8 Å². The van der Waals surface area contributed by atoms with E-state index in [1.807, 2.05) is 25.8 Å². The summed E-state index contributed by atoms with van der Waals surface area (Å²) in [4.78, 5) is 13.6. The van der Waals surface area contributed by atoms with Crippen LogP contribution in [-0.4, -0.2) is 50.2 Å². The number of likely N-dealkylation sites (N-methyl/N-ethyl adjacent to an activating group) is 1. The van der Waals surface area contributed by atoms with E-state index in [1.165, 1.54) is 0 Å². The molecule has 1 amide bonds. The molecule has 1 N–H and O–H groups in total. The van der Waals surface area contributed by atoms with E-state index in [0.29, 0.717) is 18.5 Å². The van der Waals surface area contributed by atoms with Crippen LogP contribution in [0.1, 0.15) is 26.7 Å². The number of nitrogens with one attached hydrogen (secondary N) is 1. The van der Waals surface area contributed by atoms with Gasteiger partial charge in [0.15, 0.2) is 0 Å². The summed E-state index contributed by atoms with van der Waals surface area (Å²) in [6.07, 6.45) is 2.16. The van der Waals surface area contributed by atoms with E-state index in [-0.39, 0.29) is 5.91 Å². The summed E-state index contributed by atoms with van der Waals surface area (Å²) in [7, 11) is 1.89. The van der Waals surface area contributed by atoms with Crippen molar-refractivity contribution in [2.75, 3.05) is 33.4 Å². The molecule has 0 aromatic heterocycles. The zero-order valence-electron chi connectivity index (χ0n) is 10.7. The molecule has 16 heavy (non-hydrogen) atoms. The molecule has 94 valence electrons. The van der Waals surface area contributed by atoms with Crippen LogP contribution in [0.2, 0.25) is 0 Å². The largest absolute Gasteiger partial charge is 0.381 e. The van der Waals surface area contributed by atoms with E-state index in [2.05, 4.69) is 5.32 Å². The van der Waals surface area contributed by atoms with Crippen LogP contribution in [0.15, 0.2) is 0 Å². The molecule has 1 rings (SSSR count). The van der Waals surface area contributed by atoms with Gasteiger partial charge in [0.25, 0.3) is 0 Å². The molecule has 1 heterocycles. The van der Waals surface area contributed by atoms with Gasteiger partial charge in [-0.3, -0.25) is 4.79 Å². The average Bonchev–Trinajstić information content (AvgIpc) is 2.27. The fraction of sp³-hybridized carbons (Fsp3) is 0.917. The van der Waals surface area contributed by atoms with Crippen molar-refractivity contribution in [1.82, 2.24) is 10.2 Å². The zero-order valence-corrected chi connectivity index (χ0v) is 10.7. The molecular weight excluding hydrogens is 204 g/mol. The number of hydrogen-bond acceptors (Lipinski definition) is 3. The summed E-state index contributed by atoms with van der Waals surface area (Å²) in [6.45, 7) is 7.09. The summed E-state index contributed by atoms with van der Waals surface area (Å²) in [5, 5.41) is 3.15. The first-order valence-electron chi connectivity index (χ1n) is 6.14. The Kier molecular flexibility index (Phi) is 5.77. The van der Waals surface area contributed by atoms with Gasteiger partial charge in [0.2, 0.25) is 5.91 Å². The number of carbonyl (C=O) groups excluding carboxylic acids is 1. The van der Waals surface area contributed by atoms with Crippen LogP contribution < -0.4 is 5.32 Å². The van der Waals surface area contributed by atoms with E-state index in [1.54, 1.807) is 0 Å². The summed E-state index contributed by atoms with van der Waals surface area (Å²) in [5.41, 5.74) is 0. The standard InChI is InChI=1S/C12H24N2O2/c1-10(2)13-8-12(15)14(3)9-11-4-6-16-7-5-11/h10-11,13H,4-9H2,1-3H3. The first kappa shape index (κ1) is 13.5. The highest BCUT2D eigenvalue weighted by Crippen LogP contribution is 2.15. The first-order chi connectivity index (χ1) is 7.59. The van der Waals surface area contributed by atoms with Gasteiger partial charge in [-0.2, -0.15) is 0 Å². The van der Waals surface area contributed by atoms with Crippen molar-refractivity contribution < 1.29 is 9.53 Å². The van der Waals surface area contributed by atoms with Gasteiger partial charge < -0.3 is 15.0 Å². The maximum Gasteiger partial charge on any atom is 0.236 e. The van der Waals surface area contributed by atoms with Crippen molar-refractivity contribution in [3.63, 3.8) is 0 Å². The number of carbonyl (C=O) groups is 1. The van der Waals surface area contributed by atoms with Crippen molar-refractivity contribution in [3.8, 4) is 0 Å². The lowest BCUT2D eigenvalue weighted by atomic mass is 10.00. The van der Waals surface area contributed by atoms with Gasteiger partial charge in [0, 0.05) is 32.8 Å². The Morgan fingerprint density at radius 3 is 2.62 bits per heavy atom. The highest BCUT2D eigenvalue weighted by molar-refractivity contribution is 5.77. The van der Waals surface area contributed by atoms with Crippen molar-refractivity contribution in [1.29, 1.82) is 0 Å². The number of rotatable bonds is 5. The Balaban J connectivity index is 2.21. The third-order valence-electron chi connectivity index (χ3n) is 2.96. The summed E-state index contributed by atoms with van der Waals surface area (Å²) >= 11 is 0. The molecule has 0 saturated carbocycles. The van der Waals surface area contributed by atoms with Crippen LogP contribution in [0.3, 0.4) is 0 Å². The Hall–Kier alpha value is -0.610. The monoisotopic (exact) mass is 228 g/mol. The van der Waals surface area contributed by atoms with Crippen LogP contribution in [0, 0.1) is 5.92 Å². The van der Waals surface area contributed by atoms with Crippen molar-refractivity contribution in [2.45, 2.75) is 32.7 Å². The second-order valence-corrected chi connectivity index (χ2v) is 4.87. The van der Waals surface area contributed by atoms with E-state index in [9.17, 15) is 4.79 Å². The lowest BCUT2D eigenvalue weighted by Crippen LogP contribution is -2.41. The highest BCUT2D eigenvalue weighted by Gasteiger charge is 2.18. The van der Waals surface area contributed by atoms with Crippen molar-refractivity contribution in [3.05, 3.63) is 0 Å². The number of amides is 1. The molecule has 0 aromatic rings. The maximum absolute atomic E-state index is 11.8. The Morgan fingerprint density at radius 2 is 2.06 bits per heavy atom. The minimum Gasteiger partial charge on any atom is -0.381 e. The number of ether oxygens (including phenoxy) is 1. The van der Waals surface area contributed by atoms with Crippen LogP contribution in [-0.2, 0) is 9.53 Å². The third kappa shape index (κ3) is 4.94. The van der Waals surface area contributed by atoms with Crippen LogP contribution >= 0.6 is 0 Å². The molecule has 4 heteroatoms. The van der Waals surface area contributed by atoms with Crippen LogP contribution in [0.25, 0.3) is 0 Å². The van der Waals surface area contributed by atoms with Gasteiger partial charge in [-0.05, 0) is 18.8 Å². The average molecular weight is 228 g/mol. The second kappa shape index (κ2) is 6.86. The molecule has 0 bridgehead atoms. The van der Waals surface area contributed by atoms with Gasteiger partial charge >= 0.3 is 0 Å². The molecule has 0 spiro atoms. The van der Waals surface area contributed by atoms with E-state index >= 15 is 0 Å². The quantitative estimate of drug-likeness (QED) is 0.759. The van der Waals surface area contributed by atoms with Crippen LogP contribution in [0.4, 0.5) is 0 Å². The lowest BCUT2D eigenvalue weighted by molar-refractivity contribution is -0.130. The fourth-order valence-electron chi connectivity index (χ4n) is 1.84. The molecule has 1 fully saturated rings. The van der Waals surface area contributed by atoms with E-state index in [4.69, 9.17) is 4.74 Å². The van der Waals surface area contributed by atoms with Crippen LogP contribution in [0.5, 0.6) is 0 Å². The molecule has 1 aliphatic heterocycles. The van der Waals surface area contributed by atoms with Crippen molar-refractivity contribution in [2.24, 2.45) is 5.92 Å². The van der Waals surface area contributed by atoms with E-state index in [0.717, 1.165) is 32.6 Å². The van der Waals surface area contributed by atoms with Gasteiger partial charge in [-0.15, -0.1) is 0 Å². The first-order valence-corrected chi connectivity index (χ1v) is 6.14. The summed E-state index contributed by atoms with van der Waals surface area (Å²) in [5.74, 6) is 0.793. The Bertz CT molecular complexity index is 213. The summed E-state index contributed by atoms with van der Waals surface area (Å²) < 4.78 is 5.30. The van der Waals surface area contributed by atoms with Gasteiger partial charge in [0.1, 0.15) is 0 Å². The Labute approximate surface area is 98.3 Å². The maximum atomic E-state index is 11.8. The SMILES string of the molecule is CC(C)NCC(=O)N(C)CC1CCOCC1. The molecule has 0 radical (unpaired) electrons. The van der Waals surface area contributed by atoms with Gasteiger partial charge in [0.05, 0.1) is 6.54 Å². The molecule has 1 aliphatic rings. The summed E-state index contributed by atoms with van der Waals surface area (Å²) in [6, 6.07) is 0.362. The molecule has 0 aromatic carbocycles. The molecule has 0 unspecified atom stereocenters. The molecule has 0 aliphatic carbocycles. The topological polar surface area (TPSA) is 41.6 Å². The number of nitrogens with zero attached hydrogens (tertiary/aromatic N) is 1. The van der Waals surface area contributed by atoms with E-state index < -0.39 is 0 Å². The number of hydrogen-bond donors (Lipinski definition) is 1. The zero-order chi connectivity index (χ0) is 12.0. The molecular formula is C12H24N2O2. The molecule has 0 atom stereocenters. The molecule has 4 nitrogen and oxygen atoms in total. The smallest absolute Gasteiger partial charge is 0.236 e. The highest BCUT2D eigenvalue weighted by atomic mass is 16.5. The molecule has 1 saturated heterocycles. The Morgan fingerprint density at radius 1 is 1.44 bits per heavy atom. The third-order valence-corrected chi connectivity index (χ3v) is 2.96.